The van der Waals surface area contributed by atoms with Gasteiger partial charge in [-0.2, -0.15) is 4.31 Å². The van der Waals surface area contributed by atoms with Crippen molar-refractivity contribution < 1.29 is 17.9 Å². The third-order valence-corrected chi connectivity index (χ3v) is 5.56. The Morgan fingerprint density at radius 2 is 1.91 bits per heavy atom. The molecule has 22 heavy (non-hydrogen) atoms. The van der Waals surface area contributed by atoms with Gasteiger partial charge in [-0.25, -0.2) is 13.2 Å². The molecule has 0 bridgehead atoms. The fourth-order valence-corrected chi connectivity index (χ4v) is 4.04. The number of carbonyl (C=O) groups is 1. The molecule has 1 heterocycles. The summed E-state index contributed by atoms with van der Waals surface area (Å²) in [7, 11) is -3.73. The minimum Gasteiger partial charge on any atom is -0.465 e. The minimum atomic E-state index is -3.73. The van der Waals surface area contributed by atoms with Crippen LogP contribution in [0.2, 0.25) is 0 Å². The number of hydrogen-bond acceptors (Lipinski definition) is 4. The van der Waals surface area contributed by atoms with E-state index in [0.717, 1.165) is 11.1 Å². The molecule has 1 unspecified atom stereocenters. The Labute approximate surface area is 131 Å². The molecule has 0 saturated heterocycles. The first-order chi connectivity index (χ1) is 10.4. The van der Waals surface area contributed by atoms with Crippen LogP contribution in [0.25, 0.3) is 0 Å². The van der Waals surface area contributed by atoms with Crippen LogP contribution in [-0.2, 0) is 19.6 Å². The molecule has 2 rings (SSSR count). The molecule has 0 aromatic heterocycles. The number of aryl methyl sites for hydroxylation is 1. The van der Waals surface area contributed by atoms with Crippen LogP contribution in [0.5, 0.6) is 0 Å². The van der Waals surface area contributed by atoms with E-state index in [1.165, 1.54) is 4.31 Å². The van der Waals surface area contributed by atoms with Gasteiger partial charge in [0.15, 0.2) is 0 Å². The Morgan fingerprint density at radius 3 is 2.45 bits per heavy atom. The molecular formula is C16H21NO4S. The maximum absolute atomic E-state index is 12.8. The third-order valence-electron chi connectivity index (χ3n) is 3.72. The van der Waals surface area contributed by atoms with Crippen molar-refractivity contribution in [2.75, 3.05) is 13.2 Å². The number of rotatable bonds is 5. The Kier molecular flexibility index (Phi) is 5.03. The van der Waals surface area contributed by atoms with Gasteiger partial charge in [0.1, 0.15) is 6.04 Å². The van der Waals surface area contributed by atoms with E-state index in [9.17, 15) is 13.2 Å². The first-order valence-corrected chi connectivity index (χ1v) is 8.79. The highest BCUT2D eigenvalue weighted by Gasteiger charge is 2.41. The number of benzene rings is 1. The van der Waals surface area contributed by atoms with Crippen molar-refractivity contribution >= 4 is 16.0 Å². The standard InChI is InChI=1S/C16H21NO4S/c1-4-13-10-11-17(15(13)16(18)21-5-2)22(19,20)14-8-6-12(3)7-9-14/h6-10,15H,4-5,11H2,1-3H3. The lowest BCUT2D eigenvalue weighted by Crippen LogP contribution is -2.43. The fourth-order valence-electron chi connectivity index (χ4n) is 2.52. The molecule has 0 aliphatic carbocycles. The number of sulfonamides is 1. The first kappa shape index (κ1) is 16.7. The van der Waals surface area contributed by atoms with Gasteiger partial charge in [-0.3, -0.25) is 0 Å². The molecular weight excluding hydrogens is 302 g/mol. The van der Waals surface area contributed by atoms with Gasteiger partial charge in [0.2, 0.25) is 10.0 Å². The molecule has 0 amide bonds. The zero-order valence-corrected chi connectivity index (χ0v) is 13.9. The highest BCUT2D eigenvalue weighted by Crippen LogP contribution is 2.29. The van der Waals surface area contributed by atoms with Crippen LogP contribution in [0.3, 0.4) is 0 Å². The minimum absolute atomic E-state index is 0.193. The average molecular weight is 323 g/mol. The predicted molar refractivity (Wildman–Crippen MR) is 83.9 cm³/mol. The lowest BCUT2D eigenvalue weighted by molar-refractivity contribution is -0.146. The van der Waals surface area contributed by atoms with E-state index in [1.807, 2.05) is 13.8 Å². The highest BCUT2D eigenvalue weighted by atomic mass is 32.2. The van der Waals surface area contributed by atoms with Crippen molar-refractivity contribution in [2.24, 2.45) is 0 Å². The first-order valence-electron chi connectivity index (χ1n) is 7.35. The van der Waals surface area contributed by atoms with Gasteiger partial charge in [0.05, 0.1) is 11.5 Å². The summed E-state index contributed by atoms with van der Waals surface area (Å²) in [4.78, 5) is 12.4. The molecule has 0 saturated carbocycles. The van der Waals surface area contributed by atoms with Crippen molar-refractivity contribution in [3.8, 4) is 0 Å². The highest BCUT2D eigenvalue weighted by molar-refractivity contribution is 7.89. The Morgan fingerprint density at radius 1 is 1.27 bits per heavy atom. The normalized spacial score (nSPS) is 19.0. The molecule has 1 aliphatic heterocycles. The maximum atomic E-state index is 12.8. The average Bonchev–Trinajstić information content (AvgIpc) is 2.92. The smallest absolute Gasteiger partial charge is 0.328 e. The van der Waals surface area contributed by atoms with E-state index >= 15 is 0 Å². The summed E-state index contributed by atoms with van der Waals surface area (Å²) in [5, 5.41) is 0. The Balaban J connectivity index is 2.37. The Hall–Kier alpha value is -1.66. The van der Waals surface area contributed by atoms with Gasteiger partial charge in [-0.1, -0.05) is 30.7 Å². The summed E-state index contributed by atoms with van der Waals surface area (Å²) in [6.45, 7) is 5.93. The van der Waals surface area contributed by atoms with Crippen LogP contribution in [-0.4, -0.2) is 37.9 Å². The van der Waals surface area contributed by atoms with Crippen LogP contribution in [0.1, 0.15) is 25.8 Å². The Bertz CT molecular complexity index is 677. The summed E-state index contributed by atoms with van der Waals surface area (Å²) < 4.78 is 31.9. The van der Waals surface area contributed by atoms with Crippen LogP contribution < -0.4 is 0 Å². The van der Waals surface area contributed by atoms with E-state index < -0.39 is 22.0 Å². The van der Waals surface area contributed by atoms with Gasteiger partial charge >= 0.3 is 5.97 Å². The SMILES string of the molecule is CCOC(=O)C1C(CC)=CCN1S(=O)(=O)c1ccc(C)cc1. The van der Waals surface area contributed by atoms with E-state index in [-0.39, 0.29) is 18.0 Å². The topological polar surface area (TPSA) is 63.7 Å². The van der Waals surface area contributed by atoms with Crippen molar-refractivity contribution in [3.05, 3.63) is 41.5 Å². The van der Waals surface area contributed by atoms with E-state index in [4.69, 9.17) is 4.74 Å². The lowest BCUT2D eigenvalue weighted by atomic mass is 10.1. The van der Waals surface area contributed by atoms with Gasteiger partial charge in [0, 0.05) is 6.54 Å². The maximum Gasteiger partial charge on any atom is 0.328 e. The molecule has 0 radical (unpaired) electrons. The molecule has 0 fully saturated rings. The molecule has 0 spiro atoms. The summed E-state index contributed by atoms with van der Waals surface area (Å²) in [5.74, 6) is -0.510. The quantitative estimate of drug-likeness (QED) is 0.616. The molecule has 6 heteroatoms. The second kappa shape index (κ2) is 6.62. The molecule has 1 aromatic carbocycles. The number of carbonyl (C=O) groups excluding carboxylic acids is 1. The van der Waals surface area contributed by atoms with Crippen molar-refractivity contribution in [1.82, 2.24) is 4.31 Å². The monoisotopic (exact) mass is 323 g/mol. The second-order valence-electron chi connectivity index (χ2n) is 5.17. The van der Waals surface area contributed by atoms with Crippen molar-refractivity contribution in [2.45, 2.75) is 38.1 Å². The van der Waals surface area contributed by atoms with E-state index in [0.29, 0.717) is 6.42 Å². The van der Waals surface area contributed by atoms with Crippen molar-refractivity contribution in [1.29, 1.82) is 0 Å². The third kappa shape index (κ3) is 3.08. The van der Waals surface area contributed by atoms with Gasteiger partial charge < -0.3 is 4.74 Å². The van der Waals surface area contributed by atoms with Crippen LogP contribution in [0.4, 0.5) is 0 Å². The zero-order chi connectivity index (χ0) is 16.3. The summed E-state index contributed by atoms with van der Waals surface area (Å²) in [6, 6.07) is 5.77. The number of nitrogens with zero attached hydrogens (tertiary/aromatic N) is 1. The molecule has 1 aliphatic rings. The molecule has 1 atom stereocenters. The van der Waals surface area contributed by atoms with E-state index in [1.54, 1.807) is 37.3 Å². The summed E-state index contributed by atoms with van der Waals surface area (Å²) >= 11 is 0. The summed E-state index contributed by atoms with van der Waals surface area (Å²) in [6.07, 6.45) is 2.41. The van der Waals surface area contributed by atoms with Gasteiger partial charge in [-0.05, 0) is 38.0 Å². The summed E-state index contributed by atoms with van der Waals surface area (Å²) in [5.41, 5.74) is 1.77. The molecule has 1 aromatic rings. The number of hydrogen-bond donors (Lipinski definition) is 0. The fraction of sp³-hybridized carbons (Fsp3) is 0.438. The van der Waals surface area contributed by atoms with Crippen LogP contribution in [0.15, 0.2) is 40.8 Å². The second-order valence-corrected chi connectivity index (χ2v) is 7.07. The lowest BCUT2D eigenvalue weighted by Gasteiger charge is -2.24. The largest absolute Gasteiger partial charge is 0.465 e. The van der Waals surface area contributed by atoms with Crippen molar-refractivity contribution in [3.63, 3.8) is 0 Å². The molecule has 0 N–H and O–H groups in total. The molecule has 120 valence electrons. The van der Waals surface area contributed by atoms with E-state index in [2.05, 4.69) is 0 Å². The van der Waals surface area contributed by atoms with Crippen LogP contribution in [0, 0.1) is 6.92 Å². The van der Waals surface area contributed by atoms with Gasteiger partial charge in [-0.15, -0.1) is 0 Å². The zero-order valence-electron chi connectivity index (χ0n) is 13.1. The molecule has 5 nitrogen and oxygen atoms in total. The number of esters is 1. The number of ether oxygens (including phenoxy) is 1. The van der Waals surface area contributed by atoms with Crippen LogP contribution >= 0.6 is 0 Å². The van der Waals surface area contributed by atoms with Gasteiger partial charge in [0.25, 0.3) is 0 Å². The predicted octanol–water partition coefficient (Wildman–Crippen LogP) is 2.27.